The zero-order valence-corrected chi connectivity index (χ0v) is 19.2. The van der Waals surface area contributed by atoms with E-state index in [4.69, 9.17) is 5.73 Å². The Morgan fingerprint density at radius 2 is 1.55 bits per heavy atom. The molecule has 2 amide bonds. The average Bonchev–Trinajstić information content (AvgIpc) is 2.65. The second-order valence-corrected chi connectivity index (χ2v) is 9.74. The lowest BCUT2D eigenvalue weighted by atomic mass is 9.78. The van der Waals surface area contributed by atoms with Crippen LogP contribution in [0.15, 0.2) is 42.5 Å². The Hall–Kier alpha value is -2.43. The molecule has 5 heteroatoms. The maximum atomic E-state index is 14.9. The number of carbonyl (C=O) groups excluding carboxylic acids is 1. The smallest absolute Gasteiger partial charge is 0.312 e. The first kappa shape index (κ1) is 24.8. The van der Waals surface area contributed by atoms with Gasteiger partial charge in [-0.2, -0.15) is 0 Å². The van der Waals surface area contributed by atoms with Crippen molar-refractivity contribution >= 4 is 6.03 Å². The Bertz CT molecular complexity index is 859. The molecule has 2 aromatic rings. The van der Waals surface area contributed by atoms with E-state index < -0.39 is 23.2 Å². The van der Waals surface area contributed by atoms with E-state index >= 15 is 0 Å². The predicted molar refractivity (Wildman–Crippen MR) is 123 cm³/mol. The Labute approximate surface area is 185 Å². The van der Waals surface area contributed by atoms with Crippen molar-refractivity contribution in [3.63, 3.8) is 0 Å². The number of amides is 2. The summed E-state index contributed by atoms with van der Waals surface area (Å²) in [6.45, 7) is 8.69. The fraction of sp³-hybridized carbons (Fsp3) is 0.500. The average molecular weight is 431 g/mol. The topological polar surface area (TPSA) is 55.1 Å². The third kappa shape index (κ3) is 7.64. The van der Waals surface area contributed by atoms with Gasteiger partial charge >= 0.3 is 6.03 Å². The lowest BCUT2D eigenvalue weighted by Crippen LogP contribution is -2.50. The molecule has 170 valence electrons. The summed E-state index contributed by atoms with van der Waals surface area (Å²) in [4.78, 5) is 12.0. The first-order valence-corrected chi connectivity index (χ1v) is 11.2. The van der Waals surface area contributed by atoms with E-state index in [2.05, 4.69) is 45.1 Å². The molecule has 3 nitrogen and oxygen atoms in total. The van der Waals surface area contributed by atoms with Gasteiger partial charge in [-0.05, 0) is 41.9 Å². The molecule has 0 radical (unpaired) electrons. The summed E-state index contributed by atoms with van der Waals surface area (Å²) in [5.74, 6) is -1.32. The zero-order chi connectivity index (χ0) is 23.1. The predicted octanol–water partition coefficient (Wildman–Crippen LogP) is 6.63. The van der Waals surface area contributed by atoms with Crippen LogP contribution in [0.4, 0.5) is 13.6 Å². The van der Waals surface area contributed by atoms with Crippen LogP contribution >= 0.6 is 0 Å². The van der Waals surface area contributed by atoms with Crippen LogP contribution in [-0.2, 0) is 18.4 Å². The van der Waals surface area contributed by atoms with Crippen LogP contribution in [0.2, 0.25) is 0 Å². The van der Waals surface area contributed by atoms with E-state index in [1.807, 2.05) is 12.1 Å². The number of halogens is 2. The lowest BCUT2D eigenvalue weighted by molar-refractivity contribution is 0.224. The summed E-state index contributed by atoms with van der Waals surface area (Å²) < 4.78 is 28.5. The van der Waals surface area contributed by atoms with Gasteiger partial charge in [0.05, 0.1) is 5.54 Å². The quantitative estimate of drug-likeness (QED) is 0.408. The van der Waals surface area contributed by atoms with Crippen molar-refractivity contribution in [3.05, 3.63) is 70.8 Å². The number of nitrogens with one attached hydrogen (secondary N) is 1. The van der Waals surface area contributed by atoms with Crippen molar-refractivity contribution in [1.29, 1.82) is 0 Å². The van der Waals surface area contributed by atoms with Gasteiger partial charge in [-0.3, -0.25) is 0 Å². The largest absolute Gasteiger partial charge is 0.352 e. The number of carbonyl (C=O) groups is 1. The Kier molecular flexibility index (Phi) is 8.60. The third-order valence-corrected chi connectivity index (χ3v) is 5.53. The summed E-state index contributed by atoms with van der Waals surface area (Å²) in [5, 5.41) is 2.82. The SMILES string of the molecule is CCCCCCC(Cc1ccc(CC(C)(C)C)cc1)(NC(N)=O)c1ccc(F)cc1F. The fourth-order valence-corrected chi connectivity index (χ4v) is 4.20. The molecule has 0 aliphatic carbocycles. The molecule has 0 spiro atoms. The van der Waals surface area contributed by atoms with Gasteiger partial charge < -0.3 is 11.1 Å². The highest BCUT2D eigenvalue weighted by molar-refractivity contribution is 5.73. The molecule has 0 saturated heterocycles. The maximum Gasteiger partial charge on any atom is 0.312 e. The number of hydrogen-bond donors (Lipinski definition) is 2. The highest BCUT2D eigenvalue weighted by Crippen LogP contribution is 2.34. The van der Waals surface area contributed by atoms with Crippen LogP contribution in [-0.4, -0.2) is 6.03 Å². The lowest BCUT2D eigenvalue weighted by Gasteiger charge is -2.36. The van der Waals surface area contributed by atoms with Crippen LogP contribution in [0.25, 0.3) is 0 Å². The Balaban J connectivity index is 2.42. The van der Waals surface area contributed by atoms with E-state index in [0.717, 1.165) is 43.7 Å². The Morgan fingerprint density at radius 3 is 2.06 bits per heavy atom. The molecule has 0 fully saturated rings. The molecule has 1 atom stereocenters. The number of benzene rings is 2. The van der Waals surface area contributed by atoms with Gasteiger partial charge in [0.25, 0.3) is 0 Å². The summed E-state index contributed by atoms with van der Waals surface area (Å²) >= 11 is 0. The zero-order valence-electron chi connectivity index (χ0n) is 19.2. The van der Waals surface area contributed by atoms with Crippen LogP contribution in [0.1, 0.15) is 76.5 Å². The maximum absolute atomic E-state index is 14.9. The van der Waals surface area contributed by atoms with Gasteiger partial charge in [0.15, 0.2) is 0 Å². The molecule has 0 aliphatic rings. The second kappa shape index (κ2) is 10.7. The monoisotopic (exact) mass is 430 g/mol. The number of rotatable bonds is 10. The molecular weight excluding hydrogens is 394 g/mol. The van der Waals surface area contributed by atoms with E-state index in [9.17, 15) is 13.6 Å². The molecule has 3 N–H and O–H groups in total. The highest BCUT2D eigenvalue weighted by atomic mass is 19.1. The van der Waals surface area contributed by atoms with Gasteiger partial charge in [-0.25, -0.2) is 13.6 Å². The number of urea groups is 1. The normalized spacial score (nSPS) is 13.6. The molecular formula is C26H36F2N2O. The molecule has 0 bridgehead atoms. The van der Waals surface area contributed by atoms with E-state index in [0.29, 0.717) is 12.8 Å². The molecule has 2 rings (SSSR count). The fourth-order valence-electron chi connectivity index (χ4n) is 4.20. The van der Waals surface area contributed by atoms with Crippen molar-refractivity contribution in [2.75, 3.05) is 0 Å². The van der Waals surface area contributed by atoms with Gasteiger partial charge in [-0.15, -0.1) is 0 Å². The third-order valence-electron chi connectivity index (χ3n) is 5.53. The summed E-state index contributed by atoms with van der Waals surface area (Å²) in [6.07, 6.45) is 5.72. The number of hydrogen-bond acceptors (Lipinski definition) is 1. The van der Waals surface area contributed by atoms with E-state index in [-0.39, 0.29) is 11.0 Å². The first-order valence-electron chi connectivity index (χ1n) is 11.2. The summed E-state index contributed by atoms with van der Waals surface area (Å²) in [5.41, 5.74) is 7.12. The Morgan fingerprint density at radius 1 is 0.935 bits per heavy atom. The van der Waals surface area contributed by atoms with Crippen molar-refractivity contribution in [2.45, 2.75) is 78.2 Å². The molecule has 1 unspecified atom stereocenters. The number of nitrogens with two attached hydrogens (primary N) is 1. The van der Waals surface area contributed by atoms with Crippen molar-refractivity contribution < 1.29 is 13.6 Å². The van der Waals surface area contributed by atoms with Gasteiger partial charge in [0.1, 0.15) is 11.6 Å². The molecule has 2 aromatic carbocycles. The van der Waals surface area contributed by atoms with Gasteiger partial charge in [0, 0.05) is 11.6 Å². The van der Waals surface area contributed by atoms with Crippen LogP contribution < -0.4 is 11.1 Å². The number of unbranched alkanes of at least 4 members (excludes halogenated alkanes) is 3. The molecule has 0 saturated carbocycles. The van der Waals surface area contributed by atoms with Crippen molar-refractivity contribution in [3.8, 4) is 0 Å². The minimum absolute atomic E-state index is 0.176. The second-order valence-electron chi connectivity index (χ2n) is 9.74. The first-order chi connectivity index (χ1) is 14.5. The van der Waals surface area contributed by atoms with Crippen molar-refractivity contribution in [2.24, 2.45) is 11.1 Å². The minimum Gasteiger partial charge on any atom is -0.352 e. The van der Waals surface area contributed by atoms with Crippen LogP contribution in [0.5, 0.6) is 0 Å². The van der Waals surface area contributed by atoms with Gasteiger partial charge in [-0.1, -0.05) is 83.7 Å². The highest BCUT2D eigenvalue weighted by Gasteiger charge is 2.36. The molecule has 31 heavy (non-hydrogen) atoms. The standard InChI is InChI=1S/C26H36F2N2O/c1-5-6-7-8-15-26(30-24(29)31,22-14-13-21(27)16-23(22)28)18-20-11-9-19(10-12-20)17-25(2,3)4/h9-14,16H,5-8,15,17-18H2,1-4H3,(H3,29,30,31). The van der Waals surface area contributed by atoms with Crippen LogP contribution in [0.3, 0.4) is 0 Å². The van der Waals surface area contributed by atoms with Gasteiger partial charge in [0.2, 0.25) is 0 Å². The van der Waals surface area contributed by atoms with Crippen LogP contribution in [0, 0.1) is 17.0 Å². The molecule has 0 aromatic heterocycles. The summed E-state index contributed by atoms with van der Waals surface area (Å²) in [6, 6.07) is 11.0. The minimum atomic E-state index is -1.04. The van der Waals surface area contributed by atoms with E-state index in [1.165, 1.54) is 17.7 Å². The number of primary amides is 1. The van der Waals surface area contributed by atoms with Crippen molar-refractivity contribution in [1.82, 2.24) is 5.32 Å². The molecule has 0 heterocycles. The summed E-state index contributed by atoms with van der Waals surface area (Å²) in [7, 11) is 0. The van der Waals surface area contributed by atoms with E-state index in [1.54, 1.807) is 0 Å². The molecule has 0 aliphatic heterocycles.